The van der Waals surface area contributed by atoms with Gasteiger partial charge in [0.05, 0.1) is 17.9 Å². The Balaban J connectivity index is 1.74. The normalized spacial score (nSPS) is 13.3. The maximum atomic E-state index is 12.3. The van der Waals surface area contributed by atoms with Gasteiger partial charge in [-0.2, -0.15) is 0 Å². The van der Waals surface area contributed by atoms with E-state index in [0.29, 0.717) is 11.4 Å². The highest BCUT2D eigenvalue weighted by molar-refractivity contribution is 9.10. The zero-order chi connectivity index (χ0) is 16.4. The van der Waals surface area contributed by atoms with Gasteiger partial charge in [-0.3, -0.25) is 4.79 Å². The van der Waals surface area contributed by atoms with Crippen molar-refractivity contribution in [2.75, 3.05) is 23.3 Å². The van der Waals surface area contributed by atoms with Crippen molar-refractivity contribution in [2.24, 2.45) is 0 Å². The Bertz CT molecular complexity index is 776. The number of esters is 1. The number of carbonyl (C=O) groups excluding carboxylic acids is 2. The summed E-state index contributed by atoms with van der Waals surface area (Å²) in [6.45, 7) is 2.11. The Morgan fingerprint density at radius 3 is 2.87 bits per heavy atom. The van der Waals surface area contributed by atoms with Crippen LogP contribution in [0.4, 0.5) is 11.4 Å². The van der Waals surface area contributed by atoms with E-state index in [4.69, 9.17) is 4.74 Å². The summed E-state index contributed by atoms with van der Waals surface area (Å²) in [7, 11) is 0. The van der Waals surface area contributed by atoms with Crippen molar-refractivity contribution in [3.8, 4) is 5.75 Å². The van der Waals surface area contributed by atoms with Gasteiger partial charge in [-0.1, -0.05) is 18.2 Å². The first-order chi connectivity index (χ1) is 11.0. The van der Waals surface area contributed by atoms with E-state index in [1.54, 1.807) is 17.0 Å². The predicted molar refractivity (Wildman–Crippen MR) is 91.8 cm³/mol. The fourth-order valence-electron chi connectivity index (χ4n) is 2.43. The Kier molecular flexibility index (Phi) is 4.34. The van der Waals surface area contributed by atoms with Gasteiger partial charge < -0.3 is 15.0 Å². The fraction of sp³-hybridized carbons (Fsp3) is 0.176. The molecule has 6 heteroatoms. The van der Waals surface area contributed by atoms with Gasteiger partial charge in [-0.05, 0) is 52.7 Å². The summed E-state index contributed by atoms with van der Waals surface area (Å²) in [5, 5.41) is 2.85. The molecule has 1 aliphatic rings. The third kappa shape index (κ3) is 3.53. The minimum absolute atomic E-state index is 0.0551. The smallest absolute Gasteiger partial charge is 0.331 e. The van der Waals surface area contributed by atoms with Gasteiger partial charge in [0, 0.05) is 4.47 Å². The zero-order valence-electron chi connectivity index (χ0n) is 12.5. The van der Waals surface area contributed by atoms with E-state index < -0.39 is 0 Å². The molecular weight excluding hydrogens is 360 g/mol. The third-order valence-electron chi connectivity index (χ3n) is 3.48. The number of amides is 1. The number of hydrogen-bond acceptors (Lipinski definition) is 4. The minimum atomic E-state index is -0.368. The van der Waals surface area contributed by atoms with Gasteiger partial charge >= 0.3 is 5.97 Å². The van der Waals surface area contributed by atoms with Crippen LogP contribution in [0.1, 0.15) is 5.56 Å². The summed E-state index contributed by atoms with van der Waals surface area (Å²) in [6.07, 6.45) is 0. The van der Waals surface area contributed by atoms with Crippen LogP contribution in [0.2, 0.25) is 0 Å². The second kappa shape index (κ2) is 6.42. The Morgan fingerprint density at radius 1 is 1.30 bits per heavy atom. The van der Waals surface area contributed by atoms with E-state index in [2.05, 4.69) is 21.2 Å². The molecule has 1 heterocycles. The Morgan fingerprint density at radius 2 is 2.09 bits per heavy atom. The lowest BCUT2D eigenvalue weighted by molar-refractivity contribution is -0.133. The highest BCUT2D eigenvalue weighted by Gasteiger charge is 2.25. The number of benzene rings is 2. The van der Waals surface area contributed by atoms with Crippen molar-refractivity contribution < 1.29 is 14.3 Å². The highest BCUT2D eigenvalue weighted by Crippen LogP contribution is 2.31. The predicted octanol–water partition coefficient (Wildman–Crippen LogP) is 3.12. The zero-order valence-corrected chi connectivity index (χ0v) is 14.1. The number of halogens is 1. The van der Waals surface area contributed by atoms with E-state index in [0.717, 1.165) is 15.7 Å². The lowest BCUT2D eigenvalue weighted by Gasteiger charge is -2.29. The molecule has 0 radical (unpaired) electrons. The van der Waals surface area contributed by atoms with Crippen molar-refractivity contribution in [1.29, 1.82) is 0 Å². The van der Waals surface area contributed by atoms with E-state index in [1.807, 2.05) is 37.3 Å². The van der Waals surface area contributed by atoms with Crippen molar-refractivity contribution >= 4 is 39.2 Å². The summed E-state index contributed by atoms with van der Waals surface area (Å²) in [4.78, 5) is 25.7. The molecule has 0 fully saturated rings. The standard InChI is InChI=1S/C17H15BrN2O3/c1-11-6-7-13(12(18)8-11)19-16(21)9-20-10-17(22)23-15-5-3-2-4-14(15)20/h2-8H,9-10H2,1H3,(H,19,21). The summed E-state index contributed by atoms with van der Waals surface area (Å²) in [5.74, 6) is -0.0832. The number of nitrogens with one attached hydrogen (secondary N) is 1. The van der Waals surface area contributed by atoms with Crippen LogP contribution < -0.4 is 15.0 Å². The lowest BCUT2D eigenvalue weighted by Crippen LogP contribution is -2.41. The van der Waals surface area contributed by atoms with Gasteiger partial charge in [0.1, 0.15) is 6.54 Å². The van der Waals surface area contributed by atoms with Crippen LogP contribution in [-0.4, -0.2) is 25.0 Å². The van der Waals surface area contributed by atoms with Crippen LogP contribution in [0.3, 0.4) is 0 Å². The molecule has 2 aromatic rings. The first-order valence-electron chi connectivity index (χ1n) is 7.13. The molecule has 118 valence electrons. The topological polar surface area (TPSA) is 58.6 Å². The fourth-order valence-corrected chi connectivity index (χ4v) is 3.02. The summed E-state index contributed by atoms with van der Waals surface area (Å²) >= 11 is 3.43. The van der Waals surface area contributed by atoms with E-state index in [-0.39, 0.29) is 25.0 Å². The molecule has 3 rings (SSSR count). The van der Waals surface area contributed by atoms with Crippen LogP contribution >= 0.6 is 15.9 Å². The SMILES string of the molecule is Cc1ccc(NC(=O)CN2CC(=O)Oc3ccccc32)c(Br)c1. The summed E-state index contributed by atoms with van der Waals surface area (Å²) in [5.41, 5.74) is 2.54. The Hall–Kier alpha value is -2.34. The quantitative estimate of drug-likeness (QED) is 0.662. The van der Waals surface area contributed by atoms with Gasteiger partial charge in [0.2, 0.25) is 5.91 Å². The van der Waals surface area contributed by atoms with Gasteiger partial charge in [-0.25, -0.2) is 4.79 Å². The van der Waals surface area contributed by atoms with Crippen molar-refractivity contribution in [3.63, 3.8) is 0 Å². The highest BCUT2D eigenvalue weighted by atomic mass is 79.9. The molecule has 2 aromatic carbocycles. The summed E-state index contributed by atoms with van der Waals surface area (Å²) in [6, 6.07) is 12.9. The lowest BCUT2D eigenvalue weighted by atomic mass is 10.2. The molecular formula is C17H15BrN2O3. The van der Waals surface area contributed by atoms with Crippen molar-refractivity contribution in [1.82, 2.24) is 0 Å². The van der Waals surface area contributed by atoms with Crippen LogP contribution in [-0.2, 0) is 9.59 Å². The first kappa shape index (κ1) is 15.6. The van der Waals surface area contributed by atoms with Gasteiger partial charge in [0.25, 0.3) is 0 Å². The molecule has 1 N–H and O–H groups in total. The second-order valence-corrected chi connectivity index (χ2v) is 6.18. The van der Waals surface area contributed by atoms with Crippen LogP contribution in [0.15, 0.2) is 46.9 Å². The first-order valence-corrected chi connectivity index (χ1v) is 7.93. The van der Waals surface area contributed by atoms with Gasteiger partial charge in [0.15, 0.2) is 5.75 Å². The number of nitrogens with zero attached hydrogens (tertiary/aromatic N) is 1. The van der Waals surface area contributed by atoms with Crippen molar-refractivity contribution in [3.05, 3.63) is 52.5 Å². The molecule has 1 amide bonds. The largest absolute Gasteiger partial charge is 0.423 e. The average molecular weight is 375 g/mol. The molecule has 5 nitrogen and oxygen atoms in total. The monoisotopic (exact) mass is 374 g/mol. The minimum Gasteiger partial charge on any atom is -0.423 e. The second-order valence-electron chi connectivity index (χ2n) is 5.33. The van der Waals surface area contributed by atoms with E-state index in [1.165, 1.54) is 0 Å². The third-order valence-corrected chi connectivity index (χ3v) is 4.14. The molecule has 0 aromatic heterocycles. The Labute approximate surface area is 142 Å². The average Bonchev–Trinajstić information content (AvgIpc) is 2.50. The number of fused-ring (bicyclic) bond motifs is 1. The molecule has 0 atom stereocenters. The molecule has 0 bridgehead atoms. The number of rotatable bonds is 3. The number of aryl methyl sites for hydroxylation is 1. The molecule has 23 heavy (non-hydrogen) atoms. The van der Waals surface area contributed by atoms with Crippen LogP contribution in [0, 0.1) is 6.92 Å². The molecule has 0 saturated heterocycles. The number of carbonyl (C=O) groups is 2. The number of ether oxygens (including phenoxy) is 1. The molecule has 0 unspecified atom stereocenters. The van der Waals surface area contributed by atoms with E-state index in [9.17, 15) is 9.59 Å². The van der Waals surface area contributed by atoms with Gasteiger partial charge in [-0.15, -0.1) is 0 Å². The van der Waals surface area contributed by atoms with Crippen LogP contribution in [0.25, 0.3) is 0 Å². The molecule has 0 saturated carbocycles. The molecule has 0 aliphatic carbocycles. The van der Waals surface area contributed by atoms with Crippen molar-refractivity contribution in [2.45, 2.75) is 6.92 Å². The van der Waals surface area contributed by atoms with Crippen LogP contribution in [0.5, 0.6) is 5.75 Å². The number of hydrogen-bond donors (Lipinski definition) is 1. The number of anilines is 2. The maximum Gasteiger partial charge on any atom is 0.331 e. The summed E-state index contributed by atoms with van der Waals surface area (Å²) < 4.78 is 6.00. The maximum absolute atomic E-state index is 12.3. The van der Waals surface area contributed by atoms with E-state index >= 15 is 0 Å². The molecule has 0 spiro atoms. The molecule has 1 aliphatic heterocycles. The number of para-hydroxylation sites is 2.